The first-order chi connectivity index (χ1) is 7.61. The van der Waals surface area contributed by atoms with Crippen LogP contribution in [-0.2, 0) is 0 Å². The van der Waals surface area contributed by atoms with Crippen LogP contribution in [0.15, 0.2) is 24.3 Å². The van der Waals surface area contributed by atoms with E-state index in [2.05, 4.69) is 32.0 Å². The minimum absolute atomic E-state index is 0.180. The SMILES string of the molecule is CC1c2ccccc2C(=O)C1CCN(C)C. The maximum absolute atomic E-state index is 12.2. The second-order valence-electron chi connectivity index (χ2n) is 4.94. The minimum atomic E-state index is 0.180. The zero-order valence-electron chi connectivity index (χ0n) is 10.2. The van der Waals surface area contributed by atoms with Crippen LogP contribution in [0, 0.1) is 5.92 Å². The third kappa shape index (κ3) is 1.90. The first kappa shape index (κ1) is 11.3. The Balaban J connectivity index is 2.18. The Morgan fingerprint density at radius 2 is 1.94 bits per heavy atom. The number of carbonyl (C=O) groups is 1. The molecule has 0 saturated heterocycles. The molecule has 0 radical (unpaired) electrons. The van der Waals surface area contributed by atoms with Crippen molar-refractivity contribution >= 4 is 5.78 Å². The van der Waals surface area contributed by atoms with Crippen LogP contribution in [0.3, 0.4) is 0 Å². The lowest BCUT2D eigenvalue weighted by atomic mass is 9.91. The highest BCUT2D eigenvalue weighted by atomic mass is 16.1. The minimum Gasteiger partial charge on any atom is -0.309 e. The number of hydrogen-bond acceptors (Lipinski definition) is 2. The fourth-order valence-corrected chi connectivity index (χ4v) is 2.54. The van der Waals surface area contributed by atoms with E-state index < -0.39 is 0 Å². The summed E-state index contributed by atoms with van der Waals surface area (Å²) in [6.45, 7) is 3.15. The summed E-state index contributed by atoms with van der Waals surface area (Å²) in [5.41, 5.74) is 2.18. The highest BCUT2D eigenvalue weighted by molar-refractivity contribution is 6.03. The molecule has 2 heteroatoms. The molecule has 0 bridgehead atoms. The van der Waals surface area contributed by atoms with E-state index in [1.165, 1.54) is 5.56 Å². The standard InChI is InChI=1S/C14H19NO/c1-10-11-6-4-5-7-13(11)14(16)12(10)8-9-15(2)3/h4-7,10,12H,8-9H2,1-3H3. The average molecular weight is 217 g/mol. The molecule has 0 N–H and O–H groups in total. The average Bonchev–Trinajstić information content (AvgIpc) is 2.50. The lowest BCUT2D eigenvalue weighted by molar-refractivity contribution is 0.0913. The molecule has 1 aliphatic carbocycles. The van der Waals surface area contributed by atoms with Crippen LogP contribution >= 0.6 is 0 Å². The molecule has 0 aliphatic heterocycles. The van der Waals surface area contributed by atoms with Gasteiger partial charge in [0, 0.05) is 11.5 Å². The molecule has 0 heterocycles. The predicted octanol–water partition coefficient (Wildman–Crippen LogP) is 2.55. The summed E-state index contributed by atoms with van der Waals surface area (Å²) in [6, 6.07) is 8.03. The topological polar surface area (TPSA) is 20.3 Å². The lowest BCUT2D eigenvalue weighted by Gasteiger charge is -2.17. The van der Waals surface area contributed by atoms with E-state index in [4.69, 9.17) is 0 Å². The molecular formula is C14H19NO. The number of carbonyl (C=O) groups excluding carboxylic acids is 1. The van der Waals surface area contributed by atoms with Gasteiger partial charge in [0.05, 0.1) is 0 Å². The van der Waals surface area contributed by atoms with E-state index in [0.29, 0.717) is 11.7 Å². The number of nitrogens with zero attached hydrogens (tertiary/aromatic N) is 1. The Labute approximate surface area is 97.3 Å². The zero-order chi connectivity index (χ0) is 11.7. The number of ketones is 1. The predicted molar refractivity (Wildman–Crippen MR) is 65.8 cm³/mol. The summed E-state index contributed by atoms with van der Waals surface area (Å²) in [5, 5.41) is 0. The zero-order valence-corrected chi connectivity index (χ0v) is 10.2. The Kier molecular flexibility index (Phi) is 3.10. The van der Waals surface area contributed by atoms with Crippen molar-refractivity contribution in [2.24, 2.45) is 5.92 Å². The third-order valence-electron chi connectivity index (χ3n) is 3.54. The van der Waals surface area contributed by atoms with Gasteiger partial charge in [-0.15, -0.1) is 0 Å². The van der Waals surface area contributed by atoms with Crippen molar-refractivity contribution in [3.8, 4) is 0 Å². The van der Waals surface area contributed by atoms with Gasteiger partial charge >= 0.3 is 0 Å². The van der Waals surface area contributed by atoms with Crippen molar-refractivity contribution in [1.82, 2.24) is 4.90 Å². The number of hydrogen-bond donors (Lipinski definition) is 0. The Morgan fingerprint density at radius 1 is 1.25 bits per heavy atom. The molecule has 86 valence electrons. The number of fused-ring (bicyclic) bond motifs is 1. The first-order valence-corrected chi connectivity index (χ1v) is 5.89. The molecule has 2 rings (SSSR count). The van der Waals surface area contributed by atoms with Gasteiger partial charge in [-0.05, 0) is 38.5 Å². The van der Waals surface area contributed by atoms with Gasteiger partial charge in [0.25, 0.3) is 0 Å². The summed E-state index contributed by atoms with van der Waals surface area (Å²) < 4.78 is 0. The van der Waals surface area contributed by atoms with Crippen LogP contribution in [0.5, 0.6) is 0 Å². The Bertz CT molecular complexity index is 397. The normalized spacial score (nSPS) is 23.9. The summed E-state index contributed by atoms with van der Waals surface area (Å²) in [5.74, 6) is 0.897. The maximum atomic E-state index is 12.2. The van der Waals surface area contributed by atoms with Crippen LogP contribution < -0.4 is 0 Å². The fourth-order valence-electron chi connectivity index (χ4n) is 2.54. The number of rotatable bonds is 3. The number of Topliss-reactive ketones (excluding diaryl/α,β-unsaturated/α-hetero) is 1. The second kappa shape index (κ2) is 4.38. The highest BCUT2D eigenvalue weighted by Gasteiger charge is 2.35. The molecule has 2 nitrogen and oxygen atoms in total. The van der Waals surface area contributed by atoms with E-state index in [0.717, 1.165) is 18.5 Å². The Morgan fingerprint density at radius 3 is 2.56 bits per heavy atom. The van der Waals surface area contributed by atoms with Gasteiger partial charge in [-0.25, -0.2) is 0 Å². The largest absolute Gasteiger partial charge is 0.309 e. The van der Waals surface area contributed by atoms with Crippen molar-refractivity contribution in [1.29, 1.82) is 0 Å². The van der Waals surface area contributed by atoms with Gasteiger partial charge in [0.2, 0.25) is 0 Å². The van der Waals surface area contributed by atoms with Gasteiger partial charge in [-0.3, -0.25) is 4.79 Å². The molecule has 2 unspecified atom stereocenters. The van der Waals surface area contributed by atoms with Crippen LogP contribution in [-0.4, -0.2) is 31.3 Å². The monoisotopic (exact) mass is 217 g/mol. The van der Waals surface area contributed by atoms with E-state index >= 15 is 0 Å². The smallest absolute Gasteiger partial charge is 0.166 e. The van der Waals surface area contributed by atoms with Gasteiger partial charge in [0.1, 0.15) is 0 Å². The highest BCUT2D eigenvalue weighted by Crippen LogP contribution is 2.38. The van der Waals surface area contributed by atoms with Crippen LogP contribution in [0.1, 0.15) is 35.2 Å². The van der Waals surface area contributed by atoms with Crippen LogP contribution in [0.4, 0.5) is 0 Å². The van der Waals surface area contributed by atoms with E-state index in [9.17, 15) is 4.79 Å². The molecule has 0 aromatic heterocycles. The molecule has 16 heavy (non-hydrogen) atoms. The number of benzene rings is 1. The van der Waals surface area contributed by atoms with E-state index in [1.54, 1.807) is 0 Å². The van der Waals surface area contributed by atoms with Crippen molar-refractivity contribution < 1.29 is 4.79 Å². The van der Waals surface area contributed by atoms with Crippen molar-refractivity contribution in [3.05, 3.63) is 35.4 Å². The van der Waals surface area contributed by atoms with Crippen LogP contribution in [0.2, 0.25) is 0 Å². The fraction of sp³-hybridized carbons (Fsp3) is 0.500. The molecule has 1 aromatic carbocycles. The van der Waals surface area contributed by atoms with Crippen molar-refractivity contribution in [2.45, 2.75) is 19.3 Å². The summed E-state index contributed by atoms with van der Waals surface area (Å²) in [7, 11) is 4.11. The second-order valence-corrected chi connectivity index (χ2v) is 4.94. The molecule has 1 aliphatic rings. The molecule has 0 amide bonds. The molecule has 1 aromatic rings. The molecule has 0 fully saturated rings. The molecule has 2 atom stereocenters. The first-order valence-electron chi connectivity index (χ1n) is 5.89. The third-order valence-corrected chi connectivity index (χ3v) is 3.54. The van der Waals surface area contributed by atoms with E-state index in [1.807, 2.05) is 18.2 Å². The molecule has 0 spiro atoms. The van der Waals surface area contributed by atoms with Crippen molar-refractivity contribution in [2.75, 3.05) is 20.6 Å². The van der Waals surface area contributed by atoms with Gasteiger partial charge < -0.3 is 4.90 Å². The van der Waals surface area contributed by atoms with Gasteiger partial charge in [-0.2, -0.15) is 0 Å². The summed E-state index contributed by atoms with van der Waals surface area (Å²) >= 11 is 0. The van der Waals surface area contributed by atoms with Crippen LogP contribution in [0.25, 0.3) is 0 Å². The lowest BCUT2D eigenvalue weighted by Crippen LogP contribution is -2.21. The van der Waals surface area contributed by atoms with E-state index in [-0.39, 0.29) is 5.92 Å². The Hall–Kier alpha value is -1.15. The summed E-state index contributed by atoms with van der Waals surface area (Å²) in [6.07, 6.45) is 0.960. The van der Waals surface area contributed by atoms with Gasteiger partial charge in [-0.1, -0.05) is 31.2 Å². The van der Waals surface area contributed by atoms with Crippen molar-refractivity contribution in [3.63, 3.8) is 0 Å². The van der Waals surface area contributed by atoms with Gasteiger partial charge in [0.15, 0.2) is 5.78 Å². The summed E-state index contributed by atoms with van der Waals surface area (Å²) in [4.78, 5) is 14.3. The molecular weight excluding hydrogens is 198 g/mol. The quantitative estimate of drug-likeness (QED) is 0.775. The maximum Gasteiger partial charge on any atom is 0.166 e. The molecule has 0 saturated carbocycles.